The molecule has 2 N–H and O–H groups in total. The van der Waals surface area contributed by atoms with Crippen LogP contribution in [0.25, 0.3) is 0 Å². The third-order valence-corrected chi connectivity index (χ3v) is 2.38. The molecular weight excluding hydrogens is 200 g/mol. The molecule has 0 fully saturated rings. The highest BCUT2D eigenvalue weighted by molar-refractivity contribution is 5.81. The lowest BCUT2D eigenvalue weighted by Crippen LogP contribution is -2.47. The minimum absolute atomic E-state index is 0.0394. The first kappa shape index (κ1) is 12.7. The Bertz CT molecular complexity index is 322. The van der Waals surface area contributed by atoms with Gasteiger partial charge in [0, 0.05) is 13.1 Å². The fourth-order valence-electron chi connectivity index (χ4n) is 1.65. The van der Waals surface area contributed by atoms with Crippen molar-refractivity contribution >= 4 is 5.91 Å². The van der Waals surface area contributed by atoms with Gasteiger partial charge in [0.2, 0.25) is 5.91 Å². The molecule has 0 aliphatic carbocycles. The van der Waals surface area contributed by atoms with E-state index in [9.17, 15) is 4.79 Å². The fraction of sp³-hybridized carbons (Fsp3) is 0.462. The van der Waals surface area contributed by atoms with E-state index < -0.39 is 0 Å². The van der Waals surface area contributed by atoms with Crippen molar-refractivity contribution in [1.29, 1.82) is 0 Å². The number of likely N-dealkylation sites (N-methyl/N-ethyl adjacent to an activating group) is 1. The van der Waals surface area contributed by atoms with E-state index in [0.717, 1.165) is 6.42 Å². The van der Waals surface area contributed by atoms with Crippen LogP contribution >= 0.6 is 0 Å². The predicted molar refractivity (Wildman–Crippen MR) is 66.3 cm³/mol. The maximum Gasteiger partial charge on any atom is 0.237 e. The first-order valence-electron chi connectivity index (χ1n) is 5.65. The standard InChI is InChI=1S/C13H20N2O/c1-10(2)15-12(13(16)14-3)9-11-7-5-4-6-8-11/h4-8,10,12,15H,9H2,1-3H3,(H,14,16). The summed E-state index contributed by atoms with van der Waals surface area (Å²) in [6, 6.07) is 10.2. The molecule has 0 heterocycles. The van der Waals surface area contributed by atoms with Gasteiger partial charge in [0.1, 0.15) is 0 Å². The Morgan fingerprint density at radius 1 is 1.25 bits per heavy atom. The predicted octanol–water partition coefficient (Wildman–Crippen LogP) is 1.34. The highest BCUT2D eigenvalue weighted by Crippen LogP contribution is 2.04. The fourth-order valence-corrected chi connectivity index (χ4v) is 1.65. The lowest BCUT2D eigenvalue weighted by molar-refractivity contribution is -0.122. The molecule has 0 saturated heterocycles. The van der Waals surface area contributed by atoms with Crippen LogP contribution in [0, 0.1) is 0 Å². The van der Waals surface area contributed by atoms with Crippen LogP contribution < -0.4 is 10.6 Å². The zero-order valence-electron chi connectivity index (χ0n) is 10.2. The molecule has 88 valence electrons. The molecule has 1 rings (SSSR count). The van der Waals surface area contributed by atoms with Gasteiger partial charge in [-0.25, -0.2) is 0 Å². The van der Waals surface area contributed by atoms with Crippen molar-refractivity contribution in [2.45, 2.75) is 32.4 Å². The second-order valence-electron chi connectivity index (χ2n) is 4.18. The summed E-state index contributed by atoms with van der Waals surface area (Å²) >= 11 is 0. The SMILES string of the molecule is CNC(=O)C(Cc1ccccc1)NC(C)C. The van der Waals surface area contributed by atoms with Gasteiger partial charge >= 0.3 is 0 Å². The zero-order valence-corrected chi connectivity index (χ0v) is 10.2. The summed E-state index contributed by atoms with van der Waals surface area (Å²) in [6.07, 6.45) is 0.721. The van der Waals surface area contributed by atoms with Crippen LogP contribution in [0.5, 0.6) is 0 Å². The van der Waals surface area contributed by atoms with Gasteiger partial charge in [-0.2, -0.15) is 0 Å². The lowest BCUT2D eigenvalue weighted by Gasteiger charge is -2.19. The minimum atomic E-state index is -0.160. The first-order valence-corrected chi connectivity index (χ1v) is 5.65. The van der Waals surface area contributed by atoms with Gasteiger partial charge in [-0.1, -0.05) is 44.2 Å². The number of hydrogen-bond acceptors (Lipinski definition) is 2. The van der Waals surface area contributed by atoms with E-state index in [1.54, 1.807) is 7.05 Å². The Balaban J connectivity index is 2.67. The van der Waals surface area contributed by atoms with Crippen molar-refractivity contribution in [3.8, 4) is 0 Å². The van der Waals surface area contributed by atoms with E-state index in [1.807, 2.05) is 44.2 Å². The molecule has 3 nitrogen and oxygen atoms in total. The summed E-state index contributed by atoms with van der Waals surface area (Å²) in [5.74, 6) is 0.0394. The number of nitrogens with one attached hydrogen (secondary N) is 2. The number of benzene rings is 1. The van der Waals surface area contributed by atoms with E-state index in [-0.39, 0.29) is 11.9 Å². The molecule has 0 spiro atoms. The van der Waals surface area contributed by atoms with Gasteiger partial charge in [-0.05, 0) is 12.0 Å². The second-order valence-corrected chi connectivity index (χ2v) is 4.18. The Labute approximate surface area is 97.2 Å². The van der Waals surface area contributed by atoms with Crippen molar-refractivity contribution in [3.05, 3.63) is 35.9 Å². The average Bonchev–Trinajstić information content (AvgIpc) is 2.28. The van der Waals surface area contributed by atoms with Crippen molar-refractivity contribution in [3.63, 3.8) is 0 Å². The van der Waals surface area contributed by atoms with E-state index in [0.29, 0.717) is 6.04 Å². The molecule has 1 aromatic carbocycles. The van der Waals surface area contributed by atoms with Crippen LogP contribution in [-0.4, -0.2) is 25.0 Å². The average molecular weight is 220 g/mol. The Hall–Kier alpha value is -1.35. The molecule has 1 aromatic rings. The monoisotopic (exact) mass is 220 g/mol. The van der Waals surface area contributed by atoms with Crippen LogP contribution in [-0.2, 0) is 11.2 Å². The maximum absolute atomic E-state index is 11.7. The zero-order chi connectivity index (χ0) is 12.0. The van der Waals surface area contributed by atoms with Gasteiger partial charge in [-0.3, -0.25) is 4.79 Å². The third-order valence-electron chi connectivity index (χ3n) is 2.38. The van der Waals surface area contributed by atoms with Gasteiger partial charge in [0.05, 0.1) is 6.04 Å². The number of amides is 1. The van der Waals surface area contributed by atoms with E-state index in [1.165, 1.54) is 5.56 Å². The van der Waals surface area contributed by atoms with Crippen molar-refractivity contribution in [2.24, 2.45) is 0 Å². The van der Waals surface area contributed by atoms with E-state index in [4.69, 9.17) is 0 Å². The molecule has 0 aliphatic heterocycles. The number of hydrogen-bond donors (Lipinski definition) is 2. The normalized spacial score (nSPS) is 12.5. The van der Waals surface area contributed by atoms with Crippen LogP contribution in [0.3, 0.4) is 0 Å². The summed E-state index contributed by atoms with van der Waals surface area (Å²) in [5.41, 5.74) is 1.17. The Morgan fingerprint density at radius 3 is 2.38 bits per heavy atom. The van der Waals surface area contributed by atoms with Crippen molar-refractivity contribution in [2.75, 3.05) is 7.05 Å². The topological polar surface area (TPSA) is 41.1 Å². The lowest BCUT2D eigenvalue weighted by atomic mass is 10.0. The largest absolute Gasteiger partial charge is 0.358 e. The van der Waals surface area contributed by atoms with Crippen LogP contribution in [0.15, 0.2) is 30.3 Å². The Kier molecular flexibility index (Phi) is 4.99. The first-order chi connectivity index (χ1) is 7.63. The summed E-state index contributed by atoms with van der Waals surface area (Å²) in [6.45, 7) is 4.09. The van der Waals surface area contributed by atoms with Crippen molar-refractivity contribution in [1.82, 2.24) is 10.6 Å². The molecule has 1 unspecified atom stereocenters. The van der Waals surface area contributed by atoms with Crippen LogP contribution in [0.4, 0.5) is 0 Å². The van der Waals surface area contributed by atoms with E-state index >= 15 is 0 Å². The smallest absolute Gasteiger partial charge is 0.237 e. The number of rotatable bonds is 5. The minimum Gasteiger partial charge on any atom is -0.358 e. The molecule has 0 aromatic heterocycles. The number of carbonyl (C=O) groups is 1. The summed E-state index contributed by atoms with van der Waals surface area (Å²) in [5, 5.41) is 5.96. The molecular formula is C13H20N2O. The van der Waals surface area contributed by atoms with Gasteiger partial charge in [0.25, 0.3) is 0 Å². The van der Waals surface area contributed by atoms with Crippen LogP contribution in [0.1, 0.15) is 19.4 Å². The molecule has 0 aliphatic rings. The molecule has 3 heteroatoms. The summed E-state index contributed by atoms with van der Waals surface area (Å²) in [4.78, 5) is 11.7. The molecule has 16 heavy (non-hydrogen) atoms. The quantitative estimate of drug-likeness (QED) is 0.786. The van der Waals surface area contributed by atoms with Gasteiger partial charge < -0.3 is 10.6 Å². The second kappa shape index (κ2) is 6.28. The molecule has 0 saturated carbocycles. The summed E-state index contributed by atoms with van der Waals surface area (Å²) in [7, 11) is 1.67. The molecule has 0 bridgehead atoms. The molecule has 1 amide bonds. The van der Waals surface area contributed by atoms with Crippen LogP contribution in [0.2, 0.25) is 0 Å². The number of carbonyl (C=O) groups excluding carboxylic acids is 1. The maximum atomic E-state index is 11.7. The third kappa shape index (κ3) is 4.03. The van der Waals surface area contributed by atoms with E-state index in [2.05, 4.69) is 10.6 Å². The molecule has 0 radical (unpaired) electrons. The van der Waals surface area contributed by atoms with Gasteiger partial charge in [-0.15, -0.1) is 0 Å². The molecule has 1 atom stereocenters. The highest BCUT2D eigenvalue weighted by atomic mass is 16.2. The summed E-state index contributed by atoms with van der Waals surface area (Å²) < 4.78 is 0. The van der Waals surface area contributed by atoms with Gasteiger partial charge in [0.15, 0.2) is 0 Å². The van der Waals surface area contributed by atoms with Crippen molar-refractivity contribution < 1.29 is 4.79 Å². The Morgan fingerprint density at radius 2 is 1.88 bits per heavy atom. The highest BCUT2D eigenvalue weighted by Gasteiger charge is 2.17.